The van der Waals surface area contributed by atoms with Crippen molar-refractivity contribution in [2.75, 3.05) is 18.0 Å². The van der Waals surface area contributed by atoms with E-state index >= 15 is 0 Å². The Balaban J connectivity index is 1.57. The molecule has 186 valence electrons. The summed E-state index contributed by atoms with van der Waals surface area (Å²) in [6.07, 6.45) is 0.741. The monoisotopic (exact) mass is 480 g/mol. The fourth-order valence-electron chi connectivity index (χ4n) is 4.52. The van der Waals surface area contributed by atoms with Crippen LogP contribution in [0.3, 0.4) is 0 Å². The van der Waals surface area contributed by atoms with Gasteiger partial charge in [-0.2, -0.15) is 0 Å². The quantitative estimate of drug-likeness (QED) is 0.503. The fraction of sp³-hybridized carbons (Fsp3) is 0.444. The van der Waals surface area contributed by atoms with Gasteiger partial charge in [0.2, 0.25) is 5.91 Å². The van der Waals surface area contributed by atoms with E-state index in [4.69, 9.17) is 0 Å². The average Bonchev–Trinajstić information content (AvgIpc) is 2.77. The van der Waals surface area contributed by atoms with Crippen LogP contribution in [-0.2, 0) is 4.79 Å². The lowest BCUT2D eigenvalue weighted by Crippen LogP contribution is -2.48. The number of anilines is 1. The molecule has 0 radical (unpaired) electrons. The molecule has 1 aliphatic heterocycles. The first-order valence-electron chi connectivity index (χ1n) is 12.0. The number of carbonyl (C=O) groups excluding carboxylic acids is 1. The smallest absolute Gasteiger partial charge is 0.249 e. The number of hydrogen-bond acceptors (Lipinski definition) is 6. The van der Waals surface area contributed by atoms with E-state index in [1.54, 1.807) is 0 Å². The maximum absolute atomic E-state index is 14.6. The van der Waals surface area contributed by atoms with Crippen LogP contribution in [0.25, 0.3) is 22.3 Å². The van der Waals surface area contributed by atoms with Crippen LogP contribution in [-0.4, -0.2) is 51.3 Å². The van der Waals surface area contributed by atoms with Gasteiger partial charge in [-0.25, -0.2) is 14.4 Å². The Morgan fingerprint density at radius 2 is 1.91 bits per heavy atom. The minimum Gasteiger partial charge on any atom is -0.507 e. The second-order valence-corrected chi connectivity index (χ2v) is 10.6. The van der Waals surface area contributed by atoms with Crippen molar-refractivity contribution in [1.29, 1.82) is 0 Å². The van der Waals surface area contributed by atoms with Gasteiger partial charge in [-0.3, -0.25) is 4.79 Å². The number of carbonyl (C=O) groups is 1. The molecule has 1 atom stereocenters. The van der Waals surface area contributed by atoms with Gasteiger partial charge in [-0.05, 0) is 61.4 Å². The van der Waals surface area contributed by atoms with E-state index in [0.717, 1.165) is 10.9 Å². The molecule has 8 heteroatoms. The molecule has 1 amide bonds. The predicted octanol–water partition coefficient (Wildman–Crippen LogP) is 4.33. The zero-order valence-electron chi connectivity index (χ0n) is 20.7. The highest BCUT2D eigenvalue weighted by molar-refractivity contribution is 5.92. The van der Waals surface area contributed by atoms with Crippen LogP contribution in [0.4, 0.5) is 10.2 Å². The summed E-state index contributed by atoms with van der Waals surface area (Å²) in [6.45, 7) is 9.19. The van der Waals surface area contributed by atoms with Gasteiger partial charge in [-0.15, -0.1) is 0 Å². The molecule has 0 aliphatic carbocycles. The molecule has 3 N–H and O–H groups in total. The standard InChI is InChI=1S/C27H33FN4O3/c1-16-8-9-18-20(14-16)30-24(23-19(28)6-5-7-21(23)33)31-25(18)32-12-10-17(11-13-32)29-26(35)22(34)15-27(2,3)4/h5-9,14,17,22,33-34H,10-13,15H2,1-4H3,(H,29,35)/t22-/m0/s1. The Hall–Kier alpha value is -3.26. The summed E-state index contributed by atoms with van der Waals surface area (Å²) in [6, 6.07) is 9.97. The summed E-state index contributed by atoms with van der Waals surface area (Å²) in [5, 5.41) is 24.4. The van der Waals surface area contributed by atoms with Crippen LogP contribution in [0.5, 0.6) is 5.75 Å². The SMILES string of the molecule is Cc1ccc2c(N3CCC(NC(=O)[C@@H](O)CC(C)(C)C)CC3)nc(-c3c(O)cccc3F)nc2c1. The van der Waals surface area contributed by atoms with Crippen LogP contribution in [0, 0.1) is 18.2 Å². The third kappa shape index (κ3) is 5.70. The molecular weight excluding hydrogens is 447 g/mol. The Bertz CT molecular complexity index is 1210. The van der Waals surface area contributed by atoms with Gasteiger partial charge in [0.1, 0.15) is 23.5 Å². The number of phenols is 1. The zero-order chi connectivity index (χ0) is 25.3. The summed E-state index contributed by atoms with van der Waals surface area (Å²) < 4.78 is 14.6. The number of aromatic hydroxyl groups is 1. The number of hydrogen-bond donors (Lipinski definition) is 3. The van der Waals surface area contributed by atoms with Crippen molar-refractivity contribution >= 4 is 22.6 Å². The molecule has 1 aromatic heterocycles. The van der Waals surface area contributed by atoms with E-state index in [0.29, 0.717) is 43.7 Å². The number of nitrogens with one attached hydrogen (secondary N) is 1. The molecule has 1 aliphatic rings. The van der Waals surface area contributed by atoms with Crippen molar-refractivity contribution in [3.8, 4) is 17.1 Å². The number of fused-ring (bicyclic) bond motifs is 1. The van der Waals surface area contributed by atoms with Crippen molar-refractivity contribution < 1.29 is 19.4 Å². The lowest BCUT2D eigenvalue weighted by molar-refractivity contribution is -0.131. The Labute approximate surface area is 205 Å². The number of piperidine rings is 1. The molecule has 2 aromatic carbocycles. The van der Waals surface area contributed by atoms with E-state index < -0.39 is 11.9 Å². The van der Waals surface area contributed by atoms with Crippen molar-refractivity contribution in [3.05, 3.63) is 47.8 Å². The number of nitrogens with zero attached hydrogens (tertiary/aromatic N) is 3. The van der Waals surface area contributed by atoms with Gasteiger partial charge in [0.15, 0.2) is 5.82 Å². The minimum absolute atomic E-state index is 0.0212. The maximum Gasteiger partial charge on any atom is 0.249 e. The van der Waals surface area contributed by atoms with Crippen molar-refractivity contribution in [1.82, 2.24) is 15.3 Å². The van der Waals surface area contributed by atoms with Crippen molar-refractivity contribution in [3.63, 3.8) is 0 Å². The molecule has 3 aromatic rings. The Morgan fingerprint density at radius 1 is 1.20 bits per heavy atom. The number of amides is 1. The summed E-state index contributed by atoms with van der Waals surface area (Å²) in [7, 11) is 0. The first kappa shape index (κ1) is 24.9. The lowest BCUT2D eigenvalue weighted by atomic mass is 9.89. The first-order valence-corrected chi connectivity index (χ1v) is 12.0. The van der Waals surface area contributed by atoms with E-state index in [9.17, 15) is 19.4 Å². The predicted molar refractivity (Wildman–Crippen MR) is 135 cm³/mol. The number of phenolic OH excluding ortho intramolecular Hbond substituents is 1. The number of aliphatic hydroxyl groups is 1. The van der Waals surface area contributed by atoms with Gasteiger partial charge in [0.05, 0.1) is 11.1 Å². The van der Waals surface area contributed by atoms with Gasteiger partial charge in [-0.1, -0.05) is 32.9 Å². The molecule has 2 heterocycles. The van der Waals surface area contributed by atoms with E-state index in [-0.39, 0.29) is 34.5 Å². The Kier molecular flexibility index (Phi) is 6.94. The van der Waals surface area contributed by atoms with Gasteiger partial charge >= 0.3 is 0 Å². The summed E-state index contributed by atoms with van der Waals surface area (Å²) in [4.78, 5) is 23.8. The number of aryl methyl sites for hydroxylation is 1. The number of aliphatic hydroxyl groups excluding tert-OH is 1. The molecule has 7 nitrogen and oxygen atoms in total. The number of aromatic nitrogens is 2. The first-order chi connectivity index (χ1) is 16.5. The van der Waals surface area contributed by atoms with Crippen LogP contribution in [0.2, 0.25) is 0 Å². The summed E-state index contributed by atoms with van der Waals surface area (Å²) in [5.41, 5.74) is 1.53. The normalized spacial score (nSPS) is 15.9. The van der Waals surface area contributed by atoms with Crippen LogP contribution >= 0.6 is 0 Å². The number of benzene rings is 2. The lowest BCUT2D eigenvalue weighted by Gasteiger charge is -2.34. The van der Waals surface area contributed by atoms with Gasteiger partial charge in [0.25, 0.3) is 0 Å². The van der Waals surface area contributed by atoms with E-state index in [1.807, 2.05) is 45.9 Å². The largest absolute Gasteiger partial charge is 0.507 e. The molecule has 0 unspecified atom stereocenters. The maximum atomic E-state index is 14.6. The highest BCUT2D eigenvalue weighted by Crippen LogP contribution is 2.34. The second kappa shape index (κ2) is 9.77. The zero-order valence-corrected chi connectivity index (χ0v) is 20.7. The van der Waals surface area contributed by atoms with Gasteiger partial charge < -0.3 is 20.4 Å². The van der Waals surface area contributed by atoms with Crippen LogP contribution in [0.1, 0.15) is 45.6 Å². The summed E-state index contributed by atoms with van der Waals surface area (Å²) in [5.74, 6) is -0.324. The minimum atomic E-state index is -1.03. The molecule has 35 heavy (non-hydrogen) atoms. The molecule has 0 spiro atoms. The van der Waals surface area contributed by atoms with Crippen LogP contribution in [0.15, 0.2) is 36.4 Å². The Morgan fingerprint density at radius 3 is 2.57 bits per heavy atom. The highest BCUT2D eigenvalue weighted by Gasteiger charge is 2.28. The van der Waals surface area contributed by atoms with Crippen LogP contribution < -0.4 is 10.2 Å². The third-order valence-electron chi connectivity index (χ3n) is 6.30. The van der Waals surface area contributed by atoms with E-state index in [1.165, 1.54) is 18.2 Å². The topological polar surface area (TPSA) is 98.6 Å². The van der Waals surface area contributed by atoms with E-state index in [2.05, 4.69) is 20.2 Å². The third-order valence-corrected chi connectivity index (χ3v) is 6.30. The average molecular weight is 481 g/mol. The van der Waals surface area contributed by atoms with Crippen molar-refractivity contribution in [2.24, 2.45) is 5.41 Å². The second-order valence-electron chi connectivity index (χ2n) is 10.6. The summed E-state index contributed by atoms with van der Waals surface area (Å²) >= 11 is 0. The molecular formula is C27H33FN4O3. The number of rotatable bonds is 5. The fourth-order valence-corrected chi connectivity index (χ4v) is 4.52. The molecule has 1 fully saturated rings. The molecule has 1 saturated heterocycles. The highest BCUT2D eigenvalue weighted by atomic mass is 19.1. The molecule has 0 bridgehead atoms. The molecule has 4 rings (SSSR count). The molecule has 0 saturated carbocycles. The van der Waals surface area contributed by atoms with Crippen molar-refractivity contribution in [2.45, 2.75) is 59.1 Å². The number of halogens is 1. The van der Waals surface area contributed by atoms with Gasteiger partial charge in [0, 0.05) is 24.5 Å².